The van der Waals surface area contributed by atoms with E-state index in [0.717, 1.165) is 0 Å². The Labute approximate surface area is 105 Å². The lowest BCUT2D eigenvalue weighted by Gasteiger charge is -2.08. The summed E-state index contributed by atoms with van der Waals surface area (Å²) in [6.07, 6.45) is 0. The van der Waals surface area contributed by atoms with Gasteiger partial charge in [0.25, 0.3) is 0 Å². The van der Waals surface area contributed by atoms with Crippen LogP contribution in [-0.4, -0.2) is 0 Å². The number of benzene rings is 2. The Bertz CT molecular complexity index is 520. The van der Waals surface area contributed by atoms with Crippen LogP contribution in [0.1, 0.15) is 0 Å². The Hall–Kier alpha value is -0.930. The highest BCUT2D eigenvalue weighted by molar-refractivity contribution is 9.10. The molecule has 0 radical (unpaired) electrons. The maximum absolute atomic E-state index is 13.6. The fourth-order valence-electron chi connectivity index (χ4n) is 1.45. The van der Waals surface area contributed by atoms with Crippen molar-refractivity contribution in [2.75, 3.05) is 0 Å². The van der Waals surface area contributed by atoms with Gasteiger partial charge in [-0.25, -0.2) is 8.78 Å². The van der Waals surface area contributed by atoms with Crippen molar-refractivity contribution in [3.63, 3.8) is 0 Å². The molecule has 2 aromatic rings. The molecule has 0 nitrogen and oxygen atoms in total. The fourth-order valence-corrected chi connectivity index (χ4v) is 2.26. The van der Waals surface area contributed by atoms with Crippen molar-refractivity contribution in [3.05, 3.63) is 57.5 Å². The molecule has 0 heterocycles. The van der Waals surface area contributed by atoms with Crippen molar-refractivity contribution in [1.29, 1.82) is 0 Å². The summed E-state index contributed by atoms with van der Waals surface area (Å²) in [5.41, 5.74) is 0.806. The van der Waals surface area contributed by atoms with E-state index >= 15 is 0 Å². The van der Waals surface area contributed by atoms with Crippen molar-refractivity contribution in [1.82, 2.24) is 0 Å². The minimum atomic E-state index is -0.431. The zero-order valence-electron chi connectivity index (χ0n) is 7.98. The van der Waals surface area contributed by atoms with Crippen molar-refractivity contribution in [2.24, 2.45) is 0 Å². The predicted molar refractivity (Wildman–Crippen MR) is 64.5 cm³/mol. The fraction of sp³-hybridized carbons (Fsp3) is 0. The second-order valence-corrected chi connectivity index (χ2v) is 4.48. The third-order valence-electron chi connectivity index (χ3n) is 2.16. The molecular weight excluding hydrogens is 297 g/mol. The summed E-state index contributed by atoms with van der Waals surface area (Å²) in [5.74, 6) is -0.817. The maximum Gasteiger partial charge on any atom is 0.132 e. The summed E-state index contributed by atoms with van der Waals surface area (Å²) >= 11 is 9.11. The Morgan fingerprint density at radius 2 is 1.81 bits per heavy atom. The van der Waals surface area contributed by atoms with Crippen molar-refractivity contribution < 1.29 is 8.78 Å². The lowest BCUT2D eigenvalue weighted by Crippen LogP contribution is -1.88. The first-order chi connectivity index (χ1) is 7.59. The van der Waals surface area contributed by atoms with Crippen molar-refractivity contribution >= 4 is 27.5 Å². The SMILES string of the molecule is Fc1ccc(-c2c(F)cccc2Cl)c(Br)c1. The number of halogens is 4. The molecule has 0 aliphatic carbocycles. The summed E-state index contributed by atoms with van der Waals surface area (Å²) in [5, 5.41) is 0.298. The van der Waals surface area contributed by atoms with Crippen LogP contribution in [0.15, 0.2) is 40.9 Å². The van der Waals surface area contributed by atoms with E-state index in [4.69, 9.17) is 11.6 Å². The molecule has 0 aliphatic rings. The van der Waals surface area contributed by atoms with Crippen LogP contribution in [0.2, 0.25) is 5.02 Å². The van der Waals surface area contributed by atoms with Gasteiger partial charge in [0, 0.05) is 15.6 Å². The molecule has 0 fully saturated rings. The largest absolute Gasteiger partial charge is 0.207 e. The first-order valence-corrected chi connectivity index (χ1v) is 5.66. The van der Waals surface area contributed by atoms with E-state index < -0.39 is 5.82 Å². The van der Waals surface area contributed by atoms with E-state index in [1.165, 1.54) is 30.3 Å². The molecule has 82 valence electrons. The first-order valence-electron chi connectivity index (χ1n) is 4.49. The molecule has 16 heavy (non-hydrogen) atoms. The minimum absolute atomic E-state index is 0.274. The van der Waals surface area contributed by atoms with Gasteiger partial charge in [-0.2, -0.15) is 0 Å². The Kier molecular flexibility index (Phi) is 3.26. The lowest BCUT2D eigenvalue weighted by atomic mass is 10.1. The van der Waals surface area contributed by atoms with Crippen LogP contribution in [0.25, 0.3) is 11.1 Å². The standard InChI is InChI=1S/C12H6BrClF2/c13-9-6-7(15)4-5-8(9)12-10(14)2-1-3-11(12)16/h1-6H. The average molecular weight is 304 g/mol. The summed E-state index contributed by atoms with van der Waals surface area (Å²) in [6.45, 7) is 0. The van der Waals surface area contributed by atoms with Crippen molar-refractivity contribution in [2.45, 2.75) is 0 Å². The second kappa shape index (κ2) is 4.52. The number of hydrogen-bond donors (Lipinski definition) is 0. The van der Waals surface area contributed by atoms with E-state index in [-0.39, 0.29) is 11.4 Å². The molecule has 0 atom stereocenters. The van der Waals surface area contributed by atoms with Gasteiger partial charge in [-0.05, 0) is 24.3 Å². The third kappa shape index (κ3) is 2.11. The van der Waals surface area contributed by atoms with Crippen LogP contribution in [0.3, 0.4) is 0 Å². The first kappa shape index (κ1) is 11.6. The molecule has 2 aromatic carbocycles. The highest BCUT2D eigenvalue weighted by Gasteiger charge is 2.12. The lowest BCUT2D eigenvalue weighted by molar-refractivity contribution is 0.625. The van der Waals surface area contributed by atoms with Gasteiger partial charge in [-0.3, -0.25) is 0 Å². The van der Waals surface area contributed by atoms with Gasteiger partial charge >= 0.3 is 0 Å². The van der Waals surface area contributed by atoms with Crippen molar-refractivity contribution in [3.8, 4) is 11.1 Å². The topological polar surface area (TPSA) is 0 Å². The molecule has 0 spiro atoms. The molecular formula is C12H6BrClF2. The van der Waals surface area contributed by atoms with Gasteiger partial charge < -0.3 is 0 Å². The zero-order chi connectivity index (χ0) is 11.7. The number of rotatable bonds is 1. The molecule has 2 rings (SSSR count). The van der Waals surface area contributed by atoms with Gasteiger partial charge in [0.15, 0.2) is 0 Å². The van der Waals surface area contributed by atoms with Gasteiger partial charge in [-0.1, -0.05) is 39.7 Å². The van der Waals surface area contributed by atoms with Crippen LogP contribution in [0, 0.1) is 11.6 Å². The van der Waals surface area contributed by atoms with Gasteiger partial charge in [0.2, 0.25) is 0 Å². The minimum Gasteiger partial charge on any atom is -0.207 e. The summed E-state index contributed by atoms with van der Waals surface area (Å²) in [4.78, 5) is 0. The molecule has 0 N–H and O–H groups in total. The molecule has 0 saturated heterocycles. The Balaban J connectivity index is 2.68. The van der Waals surface area contributed by atoms with Crippen LogP contribution in [0.5, 0.6) is 0 Å². The smallest absolute Gasteiger partial charge is 0.132 e. The van der Waals surface area contributed by atoms with E-state index in [0.29, 0.717) is 15.1 Å². The van der Waals surface area contributed by atoms with Crippen LogP contribution in [-0.2, 0) is 0 Å². The quantitative estimate of drug-likeness (QED) is 0.692. The van der Waals surface area contributed by atoms with E-state index in [1.54, 1.807) is 6.07 Å². The Morgan fingerprint density at radius 1 is 1.06 bits per heavy atom. The monoisotopic (exact) mass is 302 g/mol. The molecule has 0 bridgehead atoms. The summed E-state index contributed by atoms with van der Waals surface area (Å²) in [7, 11) is 0. The molecule has 0 amide bonds. The highest BCUT2D eigenvalue weighted by Crippen LogP contribution is 2.35. The third-order valence-corrected chi connectivity index (χ3v) is 3.13. The Morgan fingerprint density at radius 3 is 2.44 bits per heavy atom. The number of hydrogen-bond acceptors (Lipinski definition) is 0. The normalized spacial score (nSPS) is 10.5. The maximum atomic E-state index is 13.6. The molecule has 4 heteroatoms. The second-order valence-electron chi connectivity index (χ2n) is 3.22. The van der Waals surface area contributed by atoms with E-state index in [1.807, 2.05) is 0 Å². The highest BCUT2D eigenvalue weighted by atomic mass is 79.9. The van der Waals surface area contributed by atoms with Gasteiger partial charge in [0.05, 0.1) is 5.02 Å². The summed E-state index contributed by atoms with van der Waals surface area (Å²) in [6, 6.07) is 8.47. The van der Waals surface area contributed by atoms with E-state index in [9.17, 15) is 8.78 Å². The van der Waals surface area contributed by atoms with Crippen LogP contribution >= 0.6 is 27.5 Å². The van der Waals surface area contributed by atoms with Crippen LogP contribution < -0.4 is 0 Å². The average Bonchev–Trinajstić information content (AvgIpc) is 2.20. The van der Waals surface area contributed by atoms with E-state index in [2.05, 4.69) is 15.9 Å². The zero-order valence-corrected chi connectivity index (χ0v) is 10.3. The van der Waals surface area contributed by atoms with Gasteiger partial charge in [-0.15, -0.1) is 0 Å². The molecule has 0 aliphatic heterocycles. The van der Waals surface area contributed by atoms with Crippen LogP contribution in [0.4, 0.5) is 8.78 Å². The predicted octanol–water partition coefficient (Wildman–Crippen LogP) is 5.05. The molecule has 0 aromatic heterocycles. The summed E-state index contributed by atoms with van der Waals surface area (Å²) < 4.78 is 27.0. The van der Waals surface area contributed by atoms with Gasteiger partial charge in [0.1, 0.15) is 11.6 Å². The molecule has 0 unspecified atom stereocenters. The molecule has 0 saturated carbocycles.